The molecule has 2 aliphatic heterocycles. The number of rotatable bonds is 6. The molecule has 4 heterocycles. The number of nitrogens with one attached hydrogen (secondary N) is 1. The number of nitrogens with zero attached hydrogens (tertiary/aromatic N) is 7. The van der Waals surface area contributed by atoms with Gasteiger partial charge in [0.2, 0.25) is 16.0 Å². The maximum atomic E-state index is 13.8. The number of hydrogen-bond donors (Lipinski definition) is 1. The van der Waals surface area contributed by atoms with E-state index in [0.29, 0.717) is 23.8 Å². The summed E-state index contributed by atoms with van der Waals surface area (Å²) in [5, 5.41) is 8.73. The Morgan fingerprint density at radius 1 is 1.19 bits per heavy atom. The summed E-state index contributed by atoms with van der Waals surface area (Å²) >= 11 is 0. The number of carbonyl (C=O) groups is 1. The number of amides is 1. The van der Waals surface area contributed by atoms with Gasteiger partial charge in [-0.2, -0.15) is 10.2 Å². The molecule has 1 aliphatic carbocycles. The summed E-state index contributed by atoms with van der Waals surface area (Å²) in [5.74, 6) is 0.250. The van der Waals surface area contributed by atoms with Gasteiger partial charge in [-0.15, -0.1) is 0 Å². The summed E-state index contributed by atoms with van der Waals surface area (Å²) in [4.78, 5) is 22.3. The Bertz CT molecular complexity index is 1530. The lowest BCUT2D eigenvalue weighted by Crippen LogP contribution is -2.50. The minimum atomic E-state index is -3.77. The van der Waals surface area contributed by atoms with Gasteiger partial charge in [-0.05, 0) is 51.0 Å². The van der Waals surface area contributed by atoms with Crippen LogP contribution in [0.25, 0.3) is 0 Å². The van der Waals surface area contributed by atoms with Crippen LogP contribution < -0.4 is 9.62 Å². The third-order valence-electron chi connectivity index (χ3n) is 7.05. The molecule has 0 saturated heterocycles. The Balaban J connectivity index is 1.45. The predicted octanol–water partition coefficient (Wildman–Crippen LogP) is 1.87. The highest BCUT2D eigenvalue weighted by Crippen LogP contribution is 2.41. The van der Waals surface area contributed by atoms with Crippen molar-refractivity contribution < 1.29 is 13.2 Å². The van der Waals surface area contributed by atoms with Crippen LogP contribution in [0.5, 0.6) is 0 Å². The average Bonchev–Trinajstić information content (AvgIpc) is 3.15. The molecule has 11 nitrogen and oxygen atoms in total. The number of aliphatic imine (C=N–C) groups is 1. The first-order valence-corrected chi connectivity index (χ1v) is 13.3. The van der Waals surface area contributed by atoms with Gasteiger partial charge in [-0.3, -0.25) is 19.1 Å². The first-order chi connectivity index (χ1) is 17.0. The summed E-state index contributed by atoms with van der Waals surface area (Å²) in [5.41, 5.74) is 3.26. The fourth-order valence-corrected chi connectivity index (χ4v) is 6.47. The molecule has 1 fully saturated rings. The number of aromatic nitrogens is 4. The first-order valence-electron chi connectivity index (χ1n) is 11.9. The largest absolute Gasteiger partial charge is 0.300 e. The number of aryl methyl sites for hydroxylation is 3. The van der Waals surface area contributed by atoms with Gasteiger partial charge < -0.3 is 4.90 Å². The fourth-order valence-electron chi connectivity index (χ4n) is 4.98. The molecule has 0 unspecified atom stereocenters. The van der Waals surface area contributed by atoms with Crippen LogP contribution in [0.2, 0.25) is 0 Å². The van der Waals surface area contributed by atoms with Crippen molar-refractivity contribution in [1.82, 2.24) is 29.2 Å². The fraction of sp³-hybridized carbons (Fsp3) is 0.417. The molecule has 1 aromatic carbocycles. The Hall–Kier alpha value is -3.51. The molecule has 1 saturated carbocycles. The lowest BCUT2D eigenvalue weighted by atomic mass is 10.0. The molecular formula is C24H28N8O3S. The van der Waals surface area contributed by atoms with Gasteiger partial charge in [0, 0.05) is 31.4 Å². The molecule has 1 atom stereocenters. The van der Waals surface area contributed by atoms with Crippen LogP contribution in [0.4, 0.5) is 5.69 Å². The molecule has 0 bridgehead atoms. The van der Waals surface area contributed by atoms with Crippen molar-refractivity contribution in [3.05, 3.63) is 59.2 Å². The summed E-state index contributed by atoms with van der Waals surface area (Å²) in [6, 6.07) is 6.61. The molecule has 2 aromatic heterocycles. The van der Waals surface area contributed by atoms with E-state index in [0.717, 1.165) is 29.8 Å². The Morgan fingerprint density at radius 2 is 1.97 bits per heavy atom. The SMILES string of the molecule is Cc1cc([C@@H]2CN=C3N(Cc4cnn(C)c4)C(=O)c4cc(S(=O)(=O)NC5(C)CC5)ccc4N32)n(C)n1. The Labute approximate surface area is 209 Å². The van der Waals surface area contributed by atoms with E-state index in [1.54, 1.807) is 27.9 Å². The van der Waals surface area contributed by atoms with Gasteiger partial charge in [-0.25, -0.2) is 18.1 Å². The highest BCUT2D eigenvalue weighted by Gasteiger charge is 2.45. The van der Waals surface area contributed by atoms with Gasteiger partial charge in [0.1, 0.15) is 0 Å². The van der Waals surface area contributed by atoms with Crippen LogP contribution in [0.15, 0.2) is 46.5 Å². The molecule has 3 aliphatic rings. The van der Waals surface area contributed by atoms with Gasteiger partial charge in [-0.1, -0.05) is 0 Å². The second-order valence-electron chi connectivity index (χ2n) is 10.1. The van der Waals surface area contributed by atoms with Crippen molar-refractivity contribution in [2.24, 2.45) is 19.1 Å². The number of carbonyl (C=O) groups excluding carboxylic acids is 1. The molecule has 3 aromatic rings. The zero-order valence-electron chi connectivity index (χ0n) is 20.6. The van der Waals surface area contributed by atoms with E-state index in [9.17, 15) is 13.2 Å². The molecule has 36 heavy (non-hydrogen) atoms. The van der Waals surface area contributed by atoms with Crippen LogP contribution in [0.3, 0.4) is 0 Å². The standard InChI is InChI=1S/C24H28N8O3S/c1-15-9-20(30(4)27-15)21-12-25-23-31(14-16-11-26-29(3)13-16)22(33)18-10-17(5-6-19(18)32(21)23)36(34,35)28-24(2)7-8-24/h5-6,9-11,13,21,28H,7-8,12,14H2,1-4H3/t21-/m0/s1. The molecule has 0 radical (unpaired) electrons. The third-order valence-corrected chi connectivity index (χ3v) is 8.68. The minimum Gasteiger partial charge on any atom is -0.300 e. The lowest BCUT2D eigenvalue weighted by Gasteiger charge is -2.38. The van der Waals surface area contributed by atoms with Crippen LogP contribution >= 0.6 is 0 Å². The van der Waals surface area contributed by atoms with Crippen LogP contribution in [0.1, 0.15) is 53.1 Å². The maximum absolute atomic E-state index is 13.8. The molecule has 1 amide bonds. The van der Waals surface area contributed by atoms with Crippen molar-refractivity contribution in [3.8, 4) is 0 Å². The first kappa shape index (κ1) is 22.9. The summed E-state index contributed by atoms with van der Waals surface area (Å²) < 4.78 is 32.5. The quantitative estimate of drug-likeness (QED) is 0.543. The predicted molar refractivity (Wildman–Crippen MR) is 133 cm³/mol. The Kier molecular flexibility index (Phi) is 4.93. The van der Waals surface area contributed by atoms with E-state index in [1.807, 2.05) is 49.8 Å². The topological polar surface area (TPSA) is 118 Å². The van der Waals surface area contributed by atoms with Crippen LogP contribution in [-0.2, 0) is 30.7 Å². The maximum Gasteiger partial charge on any atom is 0.263 e. The van der Waals surface area contributed by atoms with E-state index in [-0.39, 0.29) is 23.4 Å². The summed E-state index contributed by atoms with van der Waals surface area (Å²) in [7, 11) is -0.0602. The van der Waals surface area contributed by atoms with E-state index in [2.05, 4.69) is 14.9 Å². The number of guanidine groups is 1. The highest BCUT2D eigenvalue weighted by atomic mass is 32.2. The summed E-state index contributed by atoms with van der Waals surface area (Å²) in [6.45, 7) is 4.54. The van der Waals surface area contributed by atoms with E-state index in [1.165, 1.54) is 6.07 Å². The number of sulfonamides is 1. The van der Waals surface area contributed by atoms with E-state index in [4.69, 9.17) is 4.99 Å². The average molecular weight is 509 g/mol. The van der Waals surface area contributed by atoms with Crippen molar-refractivity contribution in [1.29, 1.82) is 0 Å². The monoisotopic (exact) mass is 508 g/mol. The van der Waals surface area contributed by atoms with Crippen LogP contribution in [-0.4, -0.2) is 56.8 Å². The number of benzene rings is 1. The van der Waals surface area contributed by atoms with Crippen molar-refractivity contribution in [3.63, 3.8) is 0 Å². The molecule has 12 heteroatoms. The number of hydrogen-bond acceptors (Lipinski definition) is 7. The molecule has 6 rings (SSSR count). The van der Waals surface area contributed by atoms with Gasteiger partial charge in [0.15, 0.2) is 0 Å². The summed E-state index contributed by atoms with van der Waals surface area (Å²) in [6.07, 6.45) is 5.17. The van der Waals surface area contributed by atoms with Gasteiger partial charge >= 0.3 is 0 Å². The number of fused-ring (bicyclic) bond motifs is 3. The van der Waals surface area contributed by atoms with Crippen molar-refractivity contribution >= 4 is 27.6 Å². The Morgan fingerprint density at radius 3 is 2.61 bits per heavy atom. The second kappa shape index (κ2) is 7.74. The zero-order valence-corrected chi connectivity index (χ0v) is 21.4. The third kappa shape index (κ3) is 3.71. The molecule has 0 spiro atoms. The zero-order chi connectivity index (χ0) is 25.4. The van der Waals surface area contributed by atoms with E-state index < -0.39 is 15.6 Å². The molecular weight excluding hydrogens is 480 g/mol. The second-order valence-corrected chi connectivity index (χ2v) is 11.8. The molecule has 188 valence electrons. The smallest absolute Gasteiger partial charge is 0.263 e. The lowest BCUT2D eigenvalue weighted by molar-refractivity contribution is 0.0832. The van der Waals surface area contributed by atoms with Crippen molar-refractivity contribution in [2.45, 2.75) is 49.7 Å². The highest BCUT2D eigenvalue weighted by molar-refractivity contribution is 7.89. The number of anilines is 1. The van der Waals surface area contributed by atoms with Gasteiger partial charge in [0.25, 0.3) is 5.91 Å². The van der Waals surface area contributed by atoms with Crippen molar-refractivity contribution in [2.75, 3.05) is 11.4 Å². The normalized spacial score (nSPS) is 20.4. The molecule has 1 N–H and O–H groups in total. The van der Waals surface area contributed by atoms with Gasteiger partial charge in [0.05, 0.1) is 52.9 Å². The van der Waals surface area contributed by atoms with Crippen LogP contribution in [0, 0.1) is 6.92 Å². The van der Waals surface area contributed by atoms with E-state index >= 15 is 0 Å². The minimum absolute atomic E-state index is 0.0802.